The van der Waals surface area contributed by atoms with Crippen LogP contribution in [0.15, 0.2) is 36.9 Å². The minimum absolute atomic E-state index is 0.115. The van der Waals surface area contributed by atoms with E-state index < -0.39 is 0 Å². The number of benzene rings is 1. The Morgan fingerprint density at radius 3 is 2.65 bits per heavy atom. The number of ether oxygens (including phenoxy) is 1. The molecule has 3 rings (SSSR count). The lowest BCUT2D eigenvalue weighted by molar-refractivity contribution is 0.0842. The van der Waals surface area contributed by atoms with Crippen molar-refractivity contribution in [3.05, 3.63) is 42.5 Å². The molecular weight excluding hydrogens is 294 g/mol. The second-order valence-electron chi connectivity index (χ2n) is 5.45. The zero-order valence-corrected chi connectivity index (χ0v) is 12.9. The molecule has 0 spiro atoms. The van der Waals surface area contributed by atoms with Crippen LogP contribution in [0, 0.1) is 0 Å². The van der Waals surface area contributed by atoms with Gasteiger partial charge in [-0.2, -0.15) is 0 Å². The Kier molecular flexibility index (Phi) is 3.92. The molecule has 0 radical (unpaired) electrons. The molecule has 7 nitrogen and oxygen atoms in total. The van der Waals surface area contributed by atoms with Crippen LogP contribution in [0.1, 0.15) is 30.1 Å². The SMILES string of the molecule is CC(C)c1ccc(OCC(=O)n2cnc3c(N)ncnc32)cc1. The third-order valence-electron chi connectivity index (χ3n) is 3.54. The molecule has 118 valence electrons. The summed E-state index contributed by atoms with van der Waals surface area (Å²) in [6.07, 6.45) is 2.68. The Morgan fingerprint density at radius 1 is 1.22 bits per heavy atom. The van der Waals surface area contributed by atoms with Crippen molar-refractivity contribution in [2.24, 2.45) is 0 Å². The fraction of sp³-hybridized carbons (Fsp3) is 0.250. The monoisotopic (exact) mass is 311 g/mol. The normalized spacial score (nSPS) is 11.1. The van der Waals surface area contributed by atoms with Gasteiger partial charge in [0.15, 0.2) is 23.6 Å². The number of nitrogen functional groups attached to an aromatic ring is 1. The van der Waals surface area contributed by atoms with Crippen LogP contribution in [0.3, 0.4) is 0 Å². The molecule has 0 amide bonds. The molecular formula is C16H17N5O2. The maximum absolute atomic E-state index is 12.3. The number of hydrogen-bond donors (Lipinski definition) is 1. The first kappa shape index (κ1) is 15.0. The molecule has 0 bridgehead atoms. The highest BCUT2D eigenvalue weighted by molar-refractivity contribution is 5.92. The maximum atomic E-state index is 12.3. The van der Waals surface area contributed by atoms with Crippen LogP contribution in [0.5, 0.6) is 5.75 Å². The topological polar surface area (TPSA) is 95.9 Å². The van der Waals surface area contributed by atoms with E-state index in [4.69, 9.17) is 10.5 Å². The lowest BCUT2D eigenvalue weighted by Crippen LogP contribution is -2.19. The van der Waals surface area contributed by atoms with E-state index in [1.807, 2.05) is 24.3 Å². The zero-order chi connectivity index (χ0) is 16.4. The van der Waals surface area contributed by atoms with Gasteiger partial charge < -0.3 is 10.5 Å². The van der Waals surface area contributed by atoms with Crippen LogP contribution >= 0.6 is 0 Å². The summed E-state index contributed by atoms with van der Waals surface area (Å²) in [5.41, 5.74) is 7.70. The zero-order valence-electron chi connectivity index (χ0n) is 12.9. The van der Waals surface area contributed by atoms with Crippen molar-refractivity contribution in [2.75, 3.05) is 12.3 Å². The number of fused-ring (bicyclic) bond motifs is 1. The van der Waals surface area contributed by atoms with Crippen LogP contribution in [0.4, 0.5) is 5.82 Å². The molecule has 3 aromatic rings. The maximum Gasteiger partial charge on any atom is 0.271 e. The summed E-state index contributed by atoms with van der Waals surface area (Å²) in [4.78, 5) is 24.2. The van der Waals surface area contributed by atoms with E-state index in [2.05, 4.69) is 28.8 Å². The average Bonchev–Trinajstić information content (AvgIpc) is 2.98. The third-order valence-corrected chi connectivity index (χ3v) is 3.54. The molecule has 2 N–H and O–H groups in total. The number of carbonyl (C=O) groups is 1. The first-order valence-corrected chi connectivity index (χ1v) is 7.25. The van der Waals surface area contributed by atoms with Crippen molar-refractivity contribution in [3.63, 3.8) is 0 Å². The van der Waals surface area contributed by atoms with Crippen molar-refractivity contribution >= 4 is 22.9 Å². The molecule has 1 aromatic carbocycles. The summed E-state index contributed by atoms with van der Waals surface area (Å²) < 4.78 is 6.85. The molecule has 0 saturated carbocycles. The molecule has 23 heavy (non-hydrogen) atoms. The quantitative estimate of drug-likeness (QED) is 0.794. The van der Waals surface area contributed by atoms with Crippen molar-refractivity contribution in [1.29, 1.82) is 0 Å². The Labute approximate surface area is 133 Å². The number of imidazole rings is 1. The highest BCUT2D eigenvalue weighted by Crippen LogP contribution is 2.19. The van der Waals surface area contributed by atoms with Crippen molar-refractivity contribution < 1.29 is 9.53 Å². The minimum atomic E-state index is -0.279. The number of nitrogens with two attached hydrogens (primary N) is 1. The van der Waals surface area contributed by atoms with Crippen LogP contribution in [0.25, 0.3) is 11.2 Å². The second-order valence-corrected chi connectivity index (χ2v) is 5.45. The van der Waals surface area contributed by atoms with Gasteiger partial charge in [-0.15, -0.1) is 0 Å². The summed E-state index contributed by atoms with van der Waals surface area (Å²) in [6.45, 7) is 4.13. The standard InChI is InChI=1S/C16H17N5O2/c1-10(2)11-3-5-12(6-4-11)23-7-13(22)21-9-20-14-15(17)18-8-19-16(14)21/h3-6,8-10H,7H2,1-2H3,(H2,17,18,19). The highest BCUT2D eigenvalue weighted by Gasteiger charge is 2.14. The largest absolute Gasteiger partial charge is 0.484 e. The first-order chi connectivity index (χ1) is 11.1. The first-order valence-electron chi connectivity index (χ1n) is 7.25. The van der Waals surface area contributed by atoms with Gasteiger partial charge in [-0.25, -0.2) is 19.5 Å². The summed E-state index contributed by atoms with van der Waals surface area (Å²) in [6, 6.07) is 7.69. The van der Waals surface area contributed by atoms with Gasteiger partial charge >= 0.3 is 0 Å². The van der Waals surface area contributed by atoms with Crippen molar-refractivity contribution in [3.8, 4) is 5.75 Å². The van der Waals surface area contributed by atoms with Crippen molar-refractivity contribution in [1.82, 2.24) is 19.5 Å². The molecule has 0 unspecified atom stereocenters. The molecule has 7 heteroatoms. The van der Waals surface area contributed by atoms with E-state index >= 15 is 0 Å². The Balaban J connectivity index is 1.72. The minimum Gasteiger partial charge on any atom is -0.484 e. The fourth-order valence-corrected chi connectivity index (χ4v) is 2.20. The second kappa shape index (κ2) is 6.04. The van der Waals surface area contributed by atoms with Crippen LogP contribution in [-0.2, 0) is 0 Å². The summed E-state index contributed by atoms with van der Waals surface area (Å²) >= 11 is 0. The molecule has 0 aliphatic heterocycles. The van der Waals surface area contributed by atoms with E-state index in [-0.39, 0.29) is 18.3 Å². The smallest absolute Gasteiger partial charge is 0.271 e. The van der Waals surface area contributed by atoms with Crippen LogP contribution in [0.2, 0.25) is 0 Å². The molecule has 0 fully saturated rings. The molecule has 2 aromatic heterocycles. The highest BCUT2D eigenvalue weighted by atomic mass is 16.5. The van der Waals surface area contributed by atoms with E-state index in [0.717, 1.165) is 0 Å². The van der Waals surface area contributed by atoms with Gasteiger partial charge in [0.25, 0.3) is 5.91 Å². The molecule has 0 saturated heterocycles. The fourth-order valence-electron chi connectivity index (χ4n) is 2.20. The van der Waals surface area contributed by atoms with Crippen LogP contribution < -0.4 is 10.5 Å². The number of carbonyl (C=O) groups excluding carboxylic acids is 1. The van der Waals surface area contributed by atoms with E-state index in [1.54, 1.807) is 0 Å². The van der Waals surface area contributed by atoms with Crippen LogP contribution in [-0.4, -0.2) is 32.0 Å². The van der Waals surface area contributed by atoms with Crippen molar-refractivity contribution in [2.45, 2.75) is 19.8 Å². The Morgan fingerprint density at radius 2 is 1.96 bits per heavy atom. The summed E-state index contributed by atoms with van der Waals surface area (Å²) in [5, 5.41) is 0. The number of aromatic nitrogens is 4. The molecule has 0 aliphatic rings. The molecule has 0 aliphatic carbocycles. The van der Waals surface area contributed by atoms with Gasteiger partial charge in [0.05, 0.1) is 0 Å². The molecule has 0 atom stereocenters. The summed E-state index contributed by atoms with van der Waals surface area (Å²) in [7, 11) is 0. The van der Waals surface area contributed by atoms with Gasteiger partial charge in [-0.1, -0.05) is 26.0 Å². The number of rotatable bonds is 4. The van der Waals surface area contributed by atoms with Gasteiger partial charge in [-0.05, 0) is 23.6 Å². The number of nitrogens with zero attached hydrogens (tertiary/aromatic N) is 4. The average molecular weight is 311 g/mol. The van der Waals surface area contributed by atoms with Gasteiger partial charge in [-0.3, -0.25) is 4.79 Å². The Bertz CT molecular complexity index is 839. The predicted octanol–water partition coefficient (Wildman–Crippen LogP) is 2.25. The van der Waals surface area contributed by atoms with E-state index in [0.29, 0.717) is 22.8 Å². The van der Waals surface area contributed by atoms with E-state index in [1.165, 1.54) is 22.8 Å². The lowest BCUT2D eigenvalue weighted by Gasteiger charge is -2.08. The van der Waals surface area contributed by atoms with Gasteiger partial charge in [0, 0.05) is 0 Å². The summed E-state index contributed by atoms with van der Waals surface area (Å²) in [5.74, 6) is 1.06. The number of hydrogen-bond acceptors (Lipinski definition) is 6. The lowest BCUT2D eigenvalue weighted by atomic mass is 10.0. The third kappa shape index (κ3) is 2.98. The predicted molar refractivity (Wildman–Crippen MR) is 86.4 cm³/mol. The molecule has 2 heterocycles. The van der Waals surface area contributed by atoms with Gasteiger partial charge in [0.2, 0.25) is 0 Å². The number of anilines is 1. The van der Waals surface area contributed by atoms with Gasteiger partial charge in [0.1, 0.15) is 18.4 Å². The Hall–Kier alpha value is -2.96. The van der Waals surface area contributed by atoms with E-state index in [9.17, 15) is 4.79 Å².